The molecule has 28 heavy (non-hydrogen) atoms. The molecule has 4 bridgehead atoms. The fourth-order valence-corrected chi connectivity index (χ4v) is 5.78. The molecule has 4 aliphatic rings. The minimum Gasteiger partial charge on any atom is -0.352 e. The Morgan fingerprint density at radius 3 is 2.21 bits per heavy atom. The number of rotatable bonds is 6. The molecule has 0 radical (unpaired) electrons. The SMILES string of the molecule is CC(CC(=O)NC1C2CC3CC(C2)CC1C3)=NNC(=O)Cc1ccc(Cl)cc1. The van der Waals surface area contributed by atoms with Gasteiger partial charge in [-0.05, 0) is 80.4 Å². The minimum atomic E-state index is -0.205. The Morgan fingerprint density at radius 1 is 1.00 bits per heavy atom. The molecule has 0 unspecified atom stereocenters. The maximum atomic E-state index is 12.5. The first kappa shape index (κ1) is 19.4. The van der Waals surface area contributed by atoms with Crippen LogP contribution >= 0.6 is 11.6 Å². The molecule has 4 saturated carbocycles. The summed E-state index contributed by atoms with van der Waals surface area (Å²) in [5.74, 6) is 2.94. The Kier molecular flexibility index (Phi) is 5.72. The summed E-state index contributed by atoms with van der Waals surface area (Å²) in [5, 5.41) is 8.01. The zero-order valence-corrected chi connectivity index (χ0v) is 17.0. The highest BCUT2D eigenvalue weighted by Crippen LogP contribution is 2.53. The molecule has 0 aromatic heterocycles. The lowest BCUT2D eigenvalue weighted by Gasteiger charge is -2.54. The summed E-state index contributed by atoms with van der Waals surface area (Å²) in [4.78, 5) is 24.5. The normalized spacial score (nSPS) is 30.9. The highest BCUT2D eigenvalue weighted by molar-refractivity contribution is 6.30. The van der Waals surface area contributed by atoms with Gasteiger partial charge in [0.2, 0.25) is 11.8 Å². The largest absolute Gasteiger partial charge is 0.352 e. The second-order valence-electron chi connectivity index (χ2n) is 8.89. The van der Waals surface area contributed by atoms with Crippen LogP contribution in [0.4, 0.5) is 0 Å². The van der Waals surface area contributed by atoms with Crippen molar-refractivity contribution < 1.29 is 9.59 Å². The summed E-state index contributed by atoms with van der Waals surface area (Å²) in [5.41, 5.74) is 4.03. The lowest BCUT2D eigenvalue weighted by Crippen LogP contribution is -2.56. The Balaban J connectivity index is 1.24. The van der Waals surface area contributed by atoms with Crippen molar-refractivity contribution in [3.63, 3.8) is 0 Å². The number of nitrogens with zero attached hydrogens (tertiary/aromatic N) is 1. The number of halogens is 1. The molecular formula is C22H28ClN3O2. The maximum absolute atomic E-state index is 12.5. The summed E-state index contributed by atoms with van der Waals surface area (Å²) in [6.45, 7) is 1.78. The van der Waals surface area contributed by atoms with E-state index in [2.05, 4.69) is 15.8 Å². The van der Waals surface area contributed by atoms with Crippen LogP contribution in [-0.2, 0) is 16.0 Å². The van der Waals surface area contributed by atoms with Gasteiger partial charge < -0.3 is 5.32 Å². The zero-order chi connectivity index (χ0) is 19.7. The molecule has 0 atom stereocenters. The third kappa shape index (κ3) is 4.57. The number of nitrogens with one attached hydrogen (secondary N) is 2. The summed E-state index contributed by atoms with van der Waals surface area (Å²) in [6, 6.07) is 7.49. The molecular weight excluding hydrogens is 374 g/mol. The van der Waals surface area contributed by atoms with Crippen LogP contribution in [0.25, 0.3) is 0 Å². The van der Waals surface area contributed by atoms with Gasteiger partial charge in [0.1, 0.15) is 0 Å². The predicted octanol–water partition coefficient (Wildman–Crippen LogP) is 3.71. The van der Waals surface area contributed by atoms with E-state index in [1.807, 2.05) is 12.1 Å². The van der Waals surface area contributed by atoms with Crippen molar-refractivity contribution in [2.45, 2.75) is 57.9 Å². The van der Waals surface area contributed by atoms with E-state index in [1.54, 1.807) is 19.1 Å². The van der Waals surface area contributed by atoms with Gasteiger partial charge in [-0.2, -0.15) is 5.10 Å². The van der Waals surface area contributed by atoms with Crippen LogP contribution < -0.4 is 10.7 Å². The van der Waals surface area contributed by atoms with E-state index in [0.29, 0.717) is 28.6 Å². The lowest BCUT2D eigenvalue weighted by atomic mass is 9.54. The molecule has 5 nitrogen and oxygen atoms in total. The number of hydrazone groups is 1. The molecule has 0 spiro atoms. The molecule has 0 aliphatic heterocycles. The van der Waals surface area contributed by atoms with E-state index in [1.165, 1.54) is 32.1 Å². The van der Waals surface area contributed by atoms with Crippen molar-refractivity contribution in [1.82, 2.24) is 10.7 Å². The number of carbonyl (C=O) groups is 2. The number of hydrogen-bond donors (Lipinski definition) is 2. The van der Waals surface area contributed by atoms with Crippen LogP contribution in [0.15, 0.2) is 29.4 Å². The Labute approximate surface area is 171 Å². The molecule has 5 rings (SSSR count). The van der Waals surface area contributed by atoms with Gasteiger partial charge in [0.15, 0.2) is 0 Å². The molecule has 0 heterocycles. The van der Waals surface area contributed by atoms with Gasteiger partial charge in [-0.15, -0.1) is 0 Å². The van der Waals surface area contributed by atoms with Crippen molar-refractivity contribution in [3.05, 3.63) is 34.9 Å². The number of benzene rings is 1. The second-order valence-corrected chi connectivity index (χ2v) is 9.32. The molecule has 1 aromatic rings. The summed E-state index contributed by atoms with van der Waals surface area (Å²) >= 11 is 5.85. The predicted molar refractivity (Wildman–Crippen MR) is 110 cm³/mol. The van der Waals surface area contributed by atoms with Crippen molar-refractivity contribution in [2.24, 2.45) is 28.8 Å². The third-order valence-corrected chi connectivity index (χ3v) is 6.87. The summed E-state index contributed by atoms with van der Waals surface area (Å²) in [6.07, 6.45) is 7.00. The first-order valence-electron chi connectivity index (χ1n) is 10.3. The van der Waals surface area contributed by atoms with E-state index in [4.69, 9.17) is 11.6 Å². The minimum absolute atomic E-state index is 0.0191. The van der Waals surface area contributed by atoms with E-state index < -0.39 is 0 Å². The van der Waals surface area contributed by atoms with E-state index in [0.717, 1.165) is 17.4 Å². The van der Waals surface area contributed by atoms with Crippen LogP contribution in [0.5, 0.6) is 0 Å². The van der Waals surface area contributed by atoms with Crippen LogP contribution in [0, 0.1) is 23.7 Å². The van der Waals surface area contributed by atoms with Gasteiger partial charge >= 0.3 is 0 Å². The van der Waals surface area contributed by atoms with Gasteiger partial charge in [0, 0.05) is 16.8 Å². The van der Waals surface area contributed by atoms with Crippen LogP contribution in [-0.4, -0.2) is 23.6 Å². The Morgan fingerprint density at radius 2 is 1.61 bits per heavy atom. The van der Waals surface area contributed by atoms with Gasteiger partial charge in [-0.25, -0.2) is 5.43 Å². The second kappa shape index (κ2) is 8.24. The smallest absolute Gasteiger partial charge is 0.244 e. The van der Waals surface area contributed by atoms with E-state index >= 15 is 0 Å². The number of hydrogen-bond acceptors (Lipinski definition) is 3. The maximum Gasteiger partial charge on any atom is 0.244 e. The summed E-state index contributed by atoms with van der Waals surface area (Å²) in [7, 11) is 0. The Bertz CT molecular complexity index is 746. The van der Waals surface area contributed by atoms with Gasteiger partial charge in [0.25, 0.3) is 0 Å². The standard InChI is InChI=1S/C22H28ClN3O2/c1-13(25-26-21(28)12-14-2-4-19(23)5-3-14)6-20(27)24-22-17-8-15-7-16(10-17)11-18(22)9-15/h2-5,15-18,22H,6-12H2,1H3,(H,24,27)(H,26,28). The quantitative estimate of drug-likeness (QED) is 0.563. The molecule has 4 fully saturated rings. The van der Waals surface area contributed by atoms with Crippen molar-refractivity contribution >= 4 is 29.1 Å². The van der Waals surface area contributed by atoms with Crippen LogP contribution in [0.3, 0.4) is 0 Å². The molecule has 0 saturated heterocycles. The van der Waals surface area contributed by atoms with E-state index in [9.17, 15) is 9.59 Å². The summed E-state index contributed by atoms with van der Waals surface area (Å²) < 4.78 is 0. The monoisotopic (exact) mass is 401 g/mol. The molecule has 2 N–H and O–H groups in total. The molecule has 150 valence electrons. The van der Waals surface area contributed by atoms with E-state index in [-0.39, 0.29) is 24.7 Å². The molecule has 6 heteroatoms. The molecule has 2 amide bonds. The highest BCUT2D eigenvalue weighted by Gasteiger charge is 2.48. The van der Waals surface area contributed by atoms with Gasteiger partial charge in [-0.1, -0.05) is 23.7 Å². The van der Waals surface area contributed by atoms with Crippen LogP contribution in [0.2, 0.25) is 5.02 Å². The van der Waals surface area contributed by atoms with Crippen molar-refractivity contribution in [3.8, 4) is 0 Å². The molecule has 4 aliphatic carbocycles. The third-order valence-electron chi connectivity index (χ3n) is 6.62. The average Bonchev–Trinajstić information content (AvgIpc) is 2.64. The van der Waals surface area contributed by atoms with Gasteiger partial charge in [-0.3, -0.25) is 9.59 Å². The lowest BCUT2D eigenvalue weighted by molar-refractivity contribution is -0.124. The zero-order valence-electron chi connectivity index (χ0n) is 16.3. The van der Waals surface area contributed by atoms with Crippen LogP contribution in [0.1, 0.15) is 51.0 Å². The molecule has 1 aromatic carbocycles. The first-order chi connectivity index (χ1) is 13.5. The number of amides is 2. The number of carbonyl (C=O) groups excluding carboxylic acids is 2. The fraction of sp³-hybridized carbons (Fsp3) is 0.591. The van der Waals surface area contributed by atoms with Gasteiger partial charge in [0.05, 0.1) is 12.8 Å². The average molecular weight is 402 g/mol. The van der Waals surface area contributed by atoms with Crippen molar-refractivity contribution in [1.29, 1.82) is 0 Å². The fourth-order valence-electron chi connectivity index (χ4n) is 5.65. The van der Waals surface area contributed by atoms with Crippen molar-refractivity contribution in [2.75, 3.05) is 0 Å². The Hall–Kier alpha value is -1.88. The topological polar surface area (TPSA) is 70.6 Å². The first-order valence-corrected chi connectivity index (χ1v) is 10.7. The highest BCUT2D eigenvalue weighted by atomic mass is 35.5.